The Bertz CT molecular complexity index is 519. The average molecular weight is 333 g/mol. The third-order valence-corrected chi connectivity index (χ3v) is 4.28. The van der Waals surface area contributed by atoms with Crippen LogP contribution in [0.2, 0.25) is 0 Å². The van der Waals surface area contributed by atoms with Gasteiger partial charge in [0, 0.05) is 18.7 Å². The molecule has 1 aliphatic carbocycles. The Morgan fingerprint density at radius 2 is 1.91 bits per heavy atom. The van der Waals surface area contributed by atoms with Crippen molar-refractivity contribution < 1.29 is 13.6 Å². The molecule has 0 aromatic heterocycles. The van der Waals surface area contributed by atoms with E-state index in [1.165, 1.54) is 19.4 Å². The van der Waals surface area contributed by atoms with Crippen LogP contribution in [0.25, 0.3) is 0 Å². The van der Waals surface area contributed by atoms with Crippen molar-refractivity contribution in [2.75, 3.05) is 6.54 Å². The molecular weight excluding hydrogens is 310 g/mol. The largest absolute Gasteiger partial charge is 0.348 e. The molecule has 1 unspecified atom stereocenters. The molecule has 6 heteroatoms. The fourth-order valence-electron chi connectivity index (χ4n) is 2.98. The Morgan fingerprint density at radius 3 is 2.50 bits per heavy atom. The maximum Gasteiger partial charge on any atom is 0.254 e. The zero-order valence-corrected chi connectivity index (χ0v) is 13.5. The summed E-state index contributed by atoms with van der Waals surface area (Å²) in [5.41, 5.74) is 5.88. The Balaban J connectivity index is 0.00000242. The lowest BCUT2D eigenvalue weighted by Gasteiger charge is -2.30. The monoisotopic (exact) mass is 332 g/mol. The minimum absolute atomic E-state index is 0. The zero-order valence-electron chi connectivity index (χ0n) is 12.7. The Labute approximate surface area is 136 Å². The van der Waals surface area contributed by atoms with Gasteiger partial charge in [-0.05, 0) is 37.3 Å². The highest BCUT2D eigenvalue weighted by molar-refractivity contribution is 5.94. The summed E-state index contributed by atoms with van der Waals surface area (Å²) in [6, 6.07) is 1.85. The molecule has 1 aromatic rings. The molecule has 0 radical (unpaired) electrons. The lowest BCUT2D eigenvalue weighted by Crippen LogP contribution is -2.46. The number of carbonyl (C=O) groups is 1. The van der Waals surface area contributed by atoms with Gasteiger partial charge in [-0.3, -0.25) is 4.79 Å². The molecule has 0 aliphatic heterocycles. The molecule has 1 aliphatic rings. The lowest BCUT2D eigenvalue weighted by molar-refractivity contribution is 0.0911. The minimum Gasteiger partial charge on any atom is -0.348 e. The molecule has 0 heterocycles. The van der Waals surface area contributed by atoms with Crippen LogP contribution in [0.3, 0.4) is 0 Å². The van der Waals surface area contributed by atoms with Crippen LogP contribution in [0.5, 0.6) is 0 Å². The van der Waals surface area contributed by atoms with Gasteiger partial charge in [0.15, 0.2) is 0 Å². The number of nitrogens with two attached hydrogens (primary N) is 1. The number of carbonyl (C=O) groups excluding carboxylic acids is 1. The smallest absolute Gasteiger partial charge is 0.254 e. The maximum absolute atomic E-state index is 13.7. The summed E-state index contributed by atoms with van der Waals surface area (Å²) in [6.45, 7) is 1.84. The zero-order chi connectivity index (χ0) is 15.4. The standard InChI is InChI=1S/C16H22F2N2O.ClH/c1-10-7-12(14(18)8-13(10)17)16(21)20-15(9-19)11-5-3-2-4-6-11;/h7-8,11,15H,2-6,9,19H2,1H3,(H,20,21);1H. The van der Waals surface area contributed by atoms with Gasteiger partial charge < -0.3 is 11.1 Å². The normalized spacial score (nSPS) is 16.7. The maximum atomic E-state index is 13.7. The number of hydrogen-bond acceptors (Lipinski definition) is 2. The number of benzene rings is 1. The van der Waals surface area contributed by atoms with Gasteiger partial charge in [-0.1, -0.05) is 19.3 Å². The second-order valence-corrected chi connectivity index (χ2v) is 5.79. The number of aryl methyl sites for hydroxylation is 1. The predicted molar refractivity (Wildman–Crippen MR) is 85.2 cm³/mol. The quantitative estimate of drug-likeness (QED) is 0.888. The lowest BCUT2D eigenvalue weighted by atomic mass is 9.84. The van der Waals surface area contributed by atoms with Crippen molar-refractivity contribution in [2.24, 2.45) is 11.7 Å². The number of halogens is 3. The first kappa shape index (κ1) is 18.8. The summed E-state index contributed by atoms with van der Waals surface area (Å²) in [5, 5.41) is 2.81. The summed E-state index contributed by atoms with van der Waals surface area (Å²) >= 11 is 0. The van der Waals surface area contributed by atoms with Crippen molar-refractivity contribution in [3.63, 3.8) is 0 Å². The highest BCUT2D eigenvalue weighted by atomic mass is 35.5. The summed E-state index contributed by atoms with van der Waals surface area (Å²) < 4.78 is 27.0. The van der Waals surface area contributed by atoms with Gasteiger partial charge in [0.25, 0.3) is 5.91 Å². The fourth-order valence-corrected chi connectivity index (χ4v) is 2.98. The second-order valence-electron chi connectivity index (χ2n) is 5.79. The van der Waals surface area contributed by atoms with E-state index < -0.39 is 17.5 Å². The molecule has 0 saturated heterocycles. The van der Waals surface area contributed by atoms with E-state index in [4.69, 9.17) is 5.73 Å². The summed E-state index contributed by atoms with van der Waals surface area (Å²) in [7, 11) is 0. The van der Waals surface area contributed by atoms with Gasteiger partial charge in [-0.2, -0.15) is 0 Å². The number of hydrogen-bond donors (Lipinski definition) is 2. The molecule has 3 N–H and O–H groups in total. The van der Waals surface area contributed by atoms with E-state index >= 15 is 0 Å². The summed E-state index contributed by atoms with van der Waals surface area (Å²) in [5.74, 6) is -1.66. The van der Waals surface area contributed by atoms with Crippen LogP contribution in [0.1, 0.15) is 48.0 Å². The first-order valence-corrected chi connectivity index (χ1v) is 7.49. The van der Waals surface area contributed by atoms with Crippen molar-refractivity contribution in [1.82, 2.24) is 5.32 Å². The first-order chi connectivity index (χ1) is 10.0. The van der Waals surface area contributed by atoms with Gasteiger partial charge in [0.05, 0.1) is 5.56 Å². The van der Waals surface area contributed by atoms with E-state index in [1.807, 2.05) is 0 Å². The third kappa shape index (κ3) is 4.40. The van der Waals surface area contributed by atoms with Crippen LogP contribution in [0.15, 0.2) is 12.1 Å². The predicted octanol–water partition coefficient (Wildman–Crippen LogP) is 3.33. The topological polar surface area (TPSA) is 55.1 Å². The highest BCUT2D eigenvalue weighted by Crippen LogP contribution is 2.26. The van der Waals surface area contributed by atoms with E-state index in [2.05, 4.69) is 5.32 Å². The van der Waals surface area contributed by atoms with Crippen molar-refractivity contribution in [2.45, 2.75) is 45.1 Å². The van der Waals surface area contributed by atoms with Crippen LogP contribution in [-0.4, -0.2) is 18.5 Å². The van der Waals surface area contributed by atoms with Gasteiger partial charge >= 0.3 is 0 Å². The van der Waals surface area contributed by atoms with Crippen molar-refractivity contribution in [3.05, 3.63) is 34.9 Å². The molecule has 1 fully saturated rings. The molecule has 1 saturated carbocycles. The fraction of sp³-hybridized carbons (Fsp3) is 0.562. The Hall–Kier alpha value is -1.20. The number of rotatable bonds is 4. The van der Waals surface area contributed by atoms with E-state index in [-0.39, 0.29) is 29.6 Å². The van der Waals surface area contributed by atoms with Gasteiger partial charge in [0.2, 0.25) is 0 Å². The molecule has 3 nitrogen and oxygen atoms in total. The average Bonchev–Trinajstić information content (AvgIpc) is 2.49. The second kappa shape index (κ2) is 8.44. The molecule has 22 heavy (non-hydrogen) atoms. The molecule has 1 amide bonds. The Kier molecular flexibility index (Phi) is 7.23. The van der Waals surface area contributed by atoms with E-state index in [1.54, 1.807) is 0 Å². The summed E-state index contributed by atoms with van der Waals surface area (Å²) in [6.07, 6.45) is 5.57. The molecule has 0 spiro atoms. The summed E-state index contributed by atoms with van der Waals surface area (Å²) in [4.78, 5) is 12.2. The van der Waals surface area contributed by atoms with Crippen LogP contribution in [-0.2, 0) is 0 Å². The van der Waals surface area contributed by atoms with Gasteiger partial charge in [0.1, 0.15) is 11.6 Å². The minimum atomic E-state index is -0.838. The van der Waals surface area contributed by atoms with Crippen LogP contribution < -0.4 is 11.1 Å². The molecule has 0 bridgehead atoms. The van der Waals surface area contributed by atoms with E-state index in [0.717, 1.165) is 31.7 Å². The van der Waals surface area contributed by atoms with Crippen molar-refractivity contribution in [1.29, 1.82) is 0 Å². The number of nitrogens with one attached hydrogen (secondary N) is 1. The van der Waals surface area contributed by atoms with Crippen LogP contribution >= 0.6 is 12.4 Å². The molecule has 1 atom stereocenters. The SMILES string of the molecule is Cc1cc(C(=O)NC(CN)C2CCCCC2)c(F)cc1F.Cl. The van der Waals surface area contributed by atoms with E-state index in [9.17, 15) is 13.6 Å². The molecular formula is C16H23ClF2N2O. The Morgan fingerprint density at radius 1 is 1.27 bits per heavy atom. The van der Waals surface area contributed by atoms with Crippen molar-refractivity contribution >= 4 is 18.3 Å². The number of amides is 1. The van der Waals surface area contributed by atoms with Crippen molar-refractivity contribution in [3.8, 4) is 0 Å². The van der Waals surface area contributed by atoms with Gasteiger partial charge in [-0.15, -0.1) is 12.4 Å². The highest BCUT2D eigenvalue weighted by Gasteiger charge is 2.25. The van der Waals surface area contributed by atoms with Crippen LogP contribution in [0, 0.1) is 24.5 Å². The molecule has 2 rings (SSSR count). The van der Waals surface area contributed by atoms with E-state index in [0.29, 0.717) is 12.5 Å². The molecule has 1 aromatic carbocycles. The first-order valence-electron chi connectivity index (χ1n) is 7.49. The van der Waals surface area contributed by atoms with Crippen LogP contribution in [0.4, 0.5) is 8.78 Å². The molecule has 124 valence electrons. The van der Waals surface area contributed by atoms with Gasteiger partial charge in [-0.25, -0.2) is 8.78 Å². The third-order valence-electron chi connectivity index (χ3n) is 4.28.